The Morgan fingerprint density at radius 3 is 2.61 bits per heavy atom. The van der Waals surface area contributed by atoms with Crippen LogP contribution >= 0.6 is 0 Å². The van der Waals surface area contributed by atoms with E-state index in [1.54, 1.807) is 31.6 Å². The van der Waals surface area contributed by atoms with E-state index >= 15 is 0 Å². The number of aromatic nitrogens is 6. The molecule has 0 saturated carbocycles. The maximum Gasteiger partial charge on any atom is 0.267 e. The molecule has 11 nitrogen and oxygen atoms in total. The normalized spacial score (nSPS) is 12.3. The second-order valence-corrected chi connectivity index (χ2v) is 10.0. The molecule has 0 aliphatic carbocycles. The highest BCUT2D eigenvalue weighted by molar-refractivity contribution is 7.92. The molecule has 12 heteroatoms. The zero-order chi connectivity index (χ0) is 23.8. The molecule has 3 aromatic heterocycles. The largest absolute Gasteiger partial charge is 0.477 e. The minimum atomic E-state index is -3.95. The van der Waals surface area contributed by atoms with Crippen LogP contribution in [0.15, 0.2) is 47.8 Å². The first-order chi connectivity index (χ1) is 15.5. The average molecular weight is 472 g/mol. The van der Waals surface area contributed by atoms with Gasteiger partial charge in [-0.2, -0.15) is 15.2 Å². The van der Waals surface area contributed by atoms with Crippen molar-refractivity contribution in [2.75, 3.05) is 11.3 Å². The highest BCUT2D eigenvalue weighted by atomic mass is 32.2. The Kier molecular flexibility index (Phi) is 5.80. The van der Waals surface area contributed by atoms with E-state index in [9.17, 15) is 13.5 Å². The highest BCUT2D eigenvalue weighted by Crippen LogP contribution is 2.27. The summed E-state index contributed by atoms with van der Waals surface area (Å²) < 4.78 is 36.7. The molecule has 0 spiro atoms. The van der Waals surface area contributed by atoms with Gasteiger partial charge >= 0.3 is 0 Å². The van der Waals surface area contributed by atoms with Crippen molar-refractivity contribution in [1.29, 1.82) is 0 Å². The zero-order valence-electron chi connectivity index (χ0n) is 18.7. The molecule has 2 N–H and O–H groups in total. The molecule has 0 bridgehead atoms. The number of aliphatic hydroxyl groups is 1. The minimum absolute atomic E-state index is 0.0154. The first kappa shape index (κ1) is 22.7. The Balaban J connectivity index is 1.70. The number of nitrogens with zero attached hydrogens (tertiary/aromatic N) is 6. The molecule has 33 heavy (non-hydrogen) atoms. The summed E-state index contributed by atoms with van der Waals surface area (Å²) in [5.41, 5.74) is 1.04. The summed E-state index contributed by atoms with van der Waals surface area (Å²) in [5.74, 6) is 0.0324. The molecule has 0 amide bonds. The van der Waals surface area contributed by atoms with Crippen LogP contribution in [0, 0.1) is 0 Å². The maximum atomic E-state index is 12.8. The Morgan fingerprint density at radius 2 is 1.91 bits per heavy atom. The van der Waals surface area contributed by atoms with Crippen molar-refractivity contribution < 1.29 is 18.3 Å². The lowest BCUT2D eigenvalue weighted by molar-refractivity contribution is 0.0547. The van der Waals surface area contributed by atoms with Gasteiger partial charge in [-0.1, -0.05) is 12.1 Å². The predicted octanol–water partition coefficient (Wildman–Crippen LogP) is 2.10. The van der Waals surface area contributed by atoms with Gasteiger partial charge in [0.1, 0.15) is 4.90 Å². The first-order valence-electron chi connectivity index (χ1n) is 10.2. The second-order valence-electron chi connectivity index (χ2n) is 8.36. The van der Waals surface area contributed by atoms with Gasteiger partial charge in [0, 0.05) is 49.9 Å². The van der Waals surface area contributed by atoms with E-state index in [0.717, 1.165) is 16.5 Å². The van der Waals surface area contributed by atoms with Gasteiger partial charge in [-0.3, -0.25) is 9.36 Å². The molecule has 174 valence electrons. The second kappa shape index (κ2) is 8.45. The molecule has 0 fully saturated rings. The minimum Gasteiger partial charge on any atom is -0.477 e. The molecule has 4 aromatic rings. The third-order valence-electron chi connectivity index (χ3n) is 4.80. The summed E-state index contributed by atoms with van der Waals surface area (Å²) >= 11 is 0. The maximum absolute atomic E-state index is 12.8. The van der Waals surface area contributed by atoms with E-state index in [4.69, 9.17) is 4.74 Å². The van der Waals surface area contributed by atoms with Crippen LogP contribution in [0.25, 0.3) is 22.2 Å². The number of sulfonamides is 1. The van der Waals surface area contributed by atoms with Gasteiger partial charge in [-0.15, -0.1) is 0 Å². The highest BCUT2D eigenvalue weighted by Gasteiger charge is 2.20. The zero-order valence-corrected chi connectivity index (χ0v) is 19.5. The fraction of sp³-hybridized carbons (Fsp3) is 0.333. The number of ether oxygens (including phenoxy) is 1. The van der Waals surface area contributed by atoms with Crippen LogP contribution in [0.3, 0.4) is 0 Å². The summed E-state index contributed by atoms with van der Waals surface area (Å²) in [6.07, 6.45) is 4.88. The smallest absolute Gasteiger partial charge is 0.267 e. The quantitative estimate of drug-likeness (QED) is 0.399. The van der Waals surface area contributed by atoms with Crippen LogP contribution < -0.4 is 9.46 Å². The summed E-state index contributed by atoms with van der Waals surface area (Å²) in [4.78, 5) is 8.59. The van der Waals surface area contributed by atoms with E-state index in [0.29, 0.717) is 12.1 Å². The van der Waals surface area contributed by atoms with Crippen LogP contribution in [-0.2, 0) is 24.1 Å². The topological polar surface area (TPSA) is 137 Å². The number of aryl methyl sites for hydroxylation is 2. The van der Waals surface area contributed by atoms with Crippen LogP contribution in [-0.4, -0.2) is 55.3 Å². The molecule has 0 unspecified atom stereocenters. The van der Waals surface area contributed by atoms with E-state index in [1.165, 1.54) is 17.1 Å². The molecule has 0 atom stereocenters. The van der Waals surface area contributed by atoms with Crippen LogP contribution in [0.2, 0.25) is 0 Å². The molecular formula is C21H25N7O4S. The van der Waals surface area contributed by atoms with Crippen molar-refractivity contribution in [1.82, 2.24) is 29.5 Å². The van der Waals surface area contributed by atoms with Crippen molar-refractivity contribution in [2.24, 2.45) is 14.1 Å². The van der Waals surface area contributed by atoms with E-state index < -0.39 is 15.6 Å². The van der Waals surface area contributed by atoms with E-state index in [2.05, 4.69) is 24.9 Å². The lowest BCUT2D eigenvalue weighted by atomic mass is 10.1. The van der Waals surface area contributed by atoms with Crippen LogP contribution in [0.5, 0.6) is 5.88 Å². The van der Waals surface area contributed by atoms with E-state index in [1.807, 2.05) is 31.4 Å². The Morgan fingerprint density at radius 1 is 1.12 bits per heavy atom. The summed E-state index contributed by atoms with van der Waals surface area (Å²) in [6, 6.07) is 7.26. The van der Waals surface area contributed by atoms with E-state index in [-0.39, 0.29) is 23.3 Å². The number of benzene rings is 1. The molecular weight excluding hydrogens is 446 g/mol. The van der Waals surface area contributed by atoms with Crippen molar-refractivity contribution in [3.05, 3.63) is 42.9 Å². The number of nitrogens with one attached hydrogen (secondary N) is 1. The average Bonchev–Trinajstić information content (AvgIpc) is 3.31. The van der Waals surface area contributed by atoms with Gasteiger partial charge in [-0.05, 0) is 19.9 Å². The Bertz CT molecular complexity index is 1400. The molecule has 3 heterocycles. The number of fused-ring (bicyclic) bond motifs is 1. The van der Waals surface area contributed by atoms with Gasteiger partial charge in [0.25, 0.3) is 10.0 Å². The third kappa shape index (κ3) is 5.46. The standard InChI is InChI=1S/C21H25N7O4S/c1-21(2,29)7-8-32-19-10-17(14-5-6-15-12-28(4)25-18(15)9-14)23-20(24-19)26-33(30,31)16-11-22-27(3)13-16/h5-6,9-13,29H,7-8H2,1-4H3,(H,23,24,26). The molecule has 0 aliphatic rings. The Hall–Kier alpha value is -3.51. The number of rotatable bonds is 8. The van der Waals surface area contributed by atoms with Crippen molar-refractivity contribution in [3.63, 3.8) is 0 Å². The lowest BCUT2D eigenvalue weighted by Crippen LogP contribution is -2.22. The van der Waals surface area contributed by atoms with Crippen molar-refractivity contribution in [2.45, 2.75) is 30.8 Å². The fourth-order valence-electron chi connectivity index (χ4n) is 3.11. The lowest BCUT2D eigenvalue weighted by Gasteiger charge is -2.17. The fourth-order valence-corrected chi connectivity index (χ4v) is 4.04. The van der Waals surface area contributed by atoms with Gasteiger partial charge in [0.15, 0.2) is 0 Å². The van der Waals surface area contributed by atoms with Crippen LogP contribution in [0.1, 0.15) is 20.3 Å². The van der Waals surface area contributed by atoms with Gasteiger partial charge < -0.3 is 9.84 Å². The monoisotopic (exact) mass is 471 g/mol. The van der Waals surface area contributed by atoms with Gasteiger partial charge in [-0.25, -0.2) is 18.1 Å². The molecule has 0 saturated heterocycles. The summed E-state index contributed by atoms with van der Waals surface area (Å²) in [7, 11) is -0.492. The van der Waals surface area contributed by atoms with Gasteiger partial charge in [0.05, 0.1) is 29.6 Å². The number of anilines is 1. The summed E-state index contributed by atoms with van der Waals surface area (Å²) in [6.45, 7) is 3.54. The third-order valence-corrected chi connectivity index (χ3v) is 6.08. The van der Waals surface area contributed by atoms with Crippen LogP contribution in [0.4, 0.5) is 5.95 Å². The molecule has 4 rings (SSSR count). The predicted molar refractivity (Wildman–Crippen MR) is 122 cm³/mol. The molecule has 0 radical (unpaired) electrons. The first-order valence-corrected chi connectivity index (χ1v) is 11.7. The summed E-state index contributed by atoms with van der Waals surface area (Å²) in [5, 5.41) is 19.2. The molecule has 1 aromatic carbocycles. The van der Waals surface area contributed by atoms with Crippen molar-refractivity contribution >= 4 is 26.9 Å². The Labute approximate surface area is 191 Å². The number of hydrogen-bond acceptors (Lipinski definition) is 8. The van der Waals surface area contributed by atoms with Gasteiger partial charge in [0.2, 0.25) is 11.8 Å². The number of hydrogen-bond donors (Lipinski definition) is 2. The SMILES string of the molecule is Cn1cc(S(=O)(=O)Nc2nc(OCCC(C)(C)O)cc(-c3ccc4cn(C)nc4c3)n2)cn1. The molecule has 0 aliphatic heterocycles. The van der Waals surface area contributed by atoms with Crippen molar-refractivity contribution in [3.8, 4) is 17.1 Å².